The zero-order valence-corrected chi connectivity index (χ0v) is 12.5. The molecule has 1 heterocycles. The third-order valence-corrected chi connectivity index (χ3v) is 4.80. The van der Waals surface area contributed by atoms with Crippen LogP contribution in [0, 0.1) is 5.82 Å². The van der Waals surface area contributed by atoms with E-state index < -0.39 is 21.7 Å². The van der Waals surface area contributed by atoms with Crippen molar-refractivity contribution < 1.29 is 12.8 Å². The molecule has 1 atom stereocenters. The third kappa shape index (κ3) is 3.97. The van der Waals surface area contributed by atoms with Crippen molar-refractivity contribution in [1.82, 2.24) is 20.2 Å². The van der Waals surface area contributed by atoms with Gasteiger partial charge in [0.15, 0.2) is 9.84 Å². The van der Waals surface area contributed by atoms with Crippen LogP contribution >= 0.6 is 0 Å². The SMILES string of the molecule is CCS(=O)(=O)CC(C)Nc1cc(-n2cnnn2)ccc1F. The maximum Gasteiger partial charge on any atom is 0.152 e. The lowest BCUT2D eigenvalue weighted by Gasteiger charge is -2.16. The molecule has 1 unspecified atom stereocenters. The maximum atomic E-state index is 13.8. The van der Waals surface area contributed by atoms with Gasteiger partial charge in [-0.15, -0.1) is 5.10 Å². The number of rotatable bonds is 6. The van der Waals surface area contributed by atoms with E-state index in [-0.39, 0.29) is 17.2 Å². The number of aromatic nitrogens is 4. The lowest BCUT2D eigenvalue weighted by atomic mass is 10.2. The summed E-state index contributed by atoms with van der Waals surface area (Å²) in [5, 5.41) is 13.6. The standard InChI is InChI=1S/C12H16FN5O2S/c1-3-21(19,20)7-9(2)15-12-6-10(4-5-11(12)13)18-8-14-16-17-18/h4-6,8-9,15H,3,7H2,1-2H3. The number of halogens is 1. The van der Waals surface area contributed by atoms with Gasteiger partial charge >= 0.3 is 0 Å². The van der Waals surface area contributed by atoms with Gasteiger partial charge in [0.1, 0.15) is 12.1 Å². The van der Waals surface area contributed by atoms with Crippen molar-refractivity contribution in [2.24, 2.45) is 0 Å². The molecule has 2 rings (SSSR count). The fourth-order valence-electron chi connectivity index (χ4n) is 1.85. The van der Waals surface area contributed by atoms with E-state index in [9.17, 15) is 12.8 Å². The van der Waals surface area contributed by atoms with Crippen LogP contribution in [0.5, 0.6) is 0 Å². The molecule has 1 N–H and O–H groups in total. The van der Waals surface area contributed by atoms with Crippen molar-refractivity contribution >= 4 is 15.5 Å². The molecule has 0 aliphatic rings. The molecule has 0 saturated carbocycles. The number of sulfone groups is 1. The number of benzene rings is 1. The zero-order chi connectivity index (χ0) is 15.5. The van der Waals surface area contributed by atoms with Gasteiger partial charge in [-0.3, -0.25) is 0 Å². The summed E-state index contributed by atoms with van der Waals surface area (Å²) in [7, 11) is -3.13. The molecular formula is C12H16FN5O2S. The van der Waals surface area contributed by atoms with Gasteiger partial charge in [-0.25, -0.2) is 17.5 Å². The van der Waals surface area contributed by atoms with Crippen LogP contribution in [0.25, 0.3) is 5.69 Å². The van der Waals surface area contributed by atoms with Crippen molar-refractivity contribution in [3.8, 4) is 5.69 Å². The fourth-order valence-corrected chi connectivity index (χ4v) is 2.93. The first-order chi connectivity index (χ1) is 9.91. The minimum absolute atomic E-state index is 0.0575. The van der Waals surface area contributed by atoms with Gasteiger partial charge in [0, 0.05) is 11.8 Å². The van der Waals surface area contributed by atoms with Gasteiger partial charge in [0.2, 0.25) is 0 Å². The second kappa shape index (κ2) is 6.17. The highest BCUT2D eigenvalue weighted by atomic mass is 32.2. The summed E-state index contributed by atoms with van der Waals surface area (Å²) in [6, 6.07) is 3.93. The third-order valence-electron chi connectivity index (χ3n) is 2.91. The predicted molar refractivity (Wildman–Crippen MR) is 76.5 cm³/mol. The predicted octanol–water partition coefficient (Wildman–Crippen LogP) is 1.04. The van der Waals surface area contributed by atoms with Crippen LogP contribution in [0.15, 0.2) is 24.5 Å². The summed E-state index contributed by atoms with van der Waals surface area (Å²) in [5.41, 5.74) is 0.788. The number of hydrogen-bond donors (Lipinski definition) is 1. The second-order valence-electron chi connectivity index (χ2n) is 4.66. The van der Waals surface area contributed by atoms with Crippen LogP contribution in [0.4, 0.5) is 10.1 Å². The fraction of sp³-hybridized carbons (Fsp3) is 0.417. The number of anilines is 1. The van der Waals surface area contributed by atoms with E-state index in [0.29, 0.717) is 5.69 Å². The molecule has 1 aromatic heterocycles. The molecular weight excluding hydrogens is 297 g/mol. The lowest BCUT2D eigenvalue weighted by molar-refractivity contribution is 0.592. The Balaban J connectivity index is 2.18. The summed E-state index contributed by atoms with van der Waals surface area (Å²) in [6.07, 6.45) is 1.39. The molecule has 0 amide bonds. The minimum atomic E-state index is -3.13. The molecule has 0 spiro atoms. The first-order valence-corrected chi connectivity index (χ1v) is 8.23. The van der Waals surface area contributed by atoms with E-state index in [4.69, 9.17) is 0 Å². The van der Waals surface area contributed by atoms with E-state index in [0.717, 1.165) is 0 Å². The van der Waals surface area contributed by atoms with Crippen LogP contribution in [0.1, 0.15) is 13.8 Å². The number of nitrogens with zero attached hydrogens (tertiary/aromatic N) is 4. The first-order valence-electron chi connectivity index (χ1n) is 6.41. The molecule has 0 fully saturated rings. The number of nitrogens with one attached hydrogen (secondary N) is 1. The highest BCUT2D eigenvalue weighted by Crippen LogP contribution is 2.19. The average Bonchev–Trinajstić information content (AvgIpc) is 2.94. The molecule has 2 aromatic rings. The van der Waals surface area contributed by atoms with Crippen molar-refractivity contribution in [1.29, 1.82) is 0 Å². The number of hydrogen-bond acceptors (Lipinski definition) is 6. The summed E-state index contributed by atoms with van der Waals surface area (Å²) in [5.74, 6) is -0.461. The van der Waals surface area contributed by atoms with Gasteiger partial charge in [0.25, 0.3) is 0 Å². The molecule has 0 saturated heterocycles. The van der Waals surface area contributed by atoms with Crippen molar-refractivity contribution in [3.63, 3.8) is 0 Å². The Morgan fingerprint density at radius 2 is 2.19 bits per heavy atom. The quantitative estimate of drug-likeness (QED) is 0.857. The Morgan fingerprint density at radius 1 is 1.43 bits per heavy atom. The number of tetrazole rings is 1. The lowest BCUT2D eigenvalue weighted by Crippen LogP contribution is -2.27. The first kappa shape index (κ1) is 15.4. The topological polar surface area (TPSA) is 89.8 Å². The molecule has 21 heavy (non-hydrogen) atoms. The monoisotopic (exact) mass is 313 g/mol. The van der Waals surface area contributed by atoms with E-state index in [2.05, 4.69) is 20.8 Å². The maximum absolute atomic E-state index is 13.8. The Morgan fingerprint density at radius 3 is 2.81 bits per heavy atom. The smallest absolute Gasteiger partial charge is 0.152 e. The minimum Gasteiger partial charge on any atom is -0.379 e. The van der Waals surface area contributed by atoms with Crippen molar-refractivity contribution in [2.75, 3.05) is 16.8 Å². The van der Waals surface area contributed by atoms with Gasteiger partial charge in [-0.1, -0.05) is 6.92 Å². The Labute approximate surface area is 122 Å². The highest BCUT2D eigenvalue weighted by molar-refractivity contribution is 7.91. The molecule has 0 radical (unpaired) electrons. The highest BCUT2D eigenvalue weighted by Gasteiger charge is 2.15. The van der Waals surface area contributed by atoms with Gasteiger partial charge in [-0.2, -0.15) is 0 Å². The molecule has 0 aliphatic heterocycles. The van der Waals surface area contributed by atoms with Crippen LogP contribution in [-0.4, -0.2) is 46.2 Å². The average molecular weight is 313 g/mol. The van der Waals surface area contributed by atoms with Crippen LogP contribution in [0.2, 0.25) is 0 Å². The Hall–Kier alpha value is -2.03. The van der Waals surface area contributed by atoms with E-state index in [1.165, 1.54) is 29.2 Å². The van der Waals surface area contributed by atoms with Gasteiger partial charge in [-0.05, 0) is 35.5 Å². The van der Waals surface area contributed by atoms with E-state index in [1.807, 2.05) is 0 Å². The normalized spacial score (nSPS) is 13.1. The van der Waals surface area contributed by atoms with Gasteiger partial charge < -0.3 is 5.32 Å². The molecule has 0 bridgehead atoms. The Bertz CT molecular complexity index is 702. The summed E-state index contributed by atoms with van der Waals surface area (Å²) in [6.45, 7) is 3.28. The summed E-state index contributed by atoms with van der Waals surface area (Å²) >= 11 is 0. The summed E-state index contributed by atoms with van der Waals surface area (Å²) in [4.78, 5) is 0. The molecule has 1 aromatic carbocycles. The molecule has 0 aliphatic carbocycles. The van der Waals surface area contributed by atoms with Crippen LogP contribution in [-0.2, 0) is 9.84 Å². The van der Waals surface area contributed by atoms with Crippen molar-refractivity contribution in [3.05, 3.63) is 30.3 Å². The summed E-state index contributed by atoms with van der Waals surface area (Å²) < 4.78 is 38.3. The largest absolute Gasteiger partial charge is 0.379 e. The zero-order valence-electron chi connectivity index (χ0n) is 11.7. The Kier molecular flexibility index (Phi) is 4.51. The van der Waals surface area contributed by atoms with Gasteiger partial charge in [0.05, 0.1) is 17.1 Å². The molecule has 114 valence electrons. The van der Waals surface area contributed by atoms with Crippen LogP contribution in [0.3, 0.4) is 0 Å². The van der Waals surface area contributed by atoms with Crippen molar-refractivity contribution in [2.45, 2.75) is 19.9 Å². The van der Waals surface area contributed by atoms with E-state index in [1.54, 1.807) is 13.8 Å². The van der Waals surface area contributed by atoms with Crippen LogP contribution < -0.4 is 5.32 Å². The van der Waals surface area contributed by atoms with E-state index >= 15 is 0 Å². The molecule has 9 heteroatoms. The second-order valence-corrected chi connectivity index (χ2v) is 7.06. The molecule has 7 nitrogen and oxygen atoms in total.